The smallest absolute Gasteiger partial charge is 0.319 e. The third-order valence-corrected chi connectivity index (χ3v) is 4.22. The molecule has 1 rings (SSSR count). The van der Waals surface area contributed by atoms with Crippen molar-refractivity contribution in [1.29, 1.82) is 0 Å². The Balaban J connectivity index is 2.44. The molecule has 1 saturated carbocycles. The molecule has 3 unspecified atom stereocenters. The summed E-state index contributed by atoms with van der Waals surface area (Å²) in [5, 5.41) is -0.0237. The first-order valence-electron chi connectivity index (χ1n) is 5.92. The molecule has 15 heavy (non-hydrogen) atoms. The van der Waals surface area contributed by atoms with Gasteiger partial charge in [-0.25, -0.2) is 0 Å². The van der Waals surface area contributed by atoms with Crippen LogP contribution in [-0.2, 0) is 9.53 Å². The van der Waals surface area contributed by atoms with E-state index in [-0.39, 0.29) is 17.3 Å². The lowest BCUT2D eigenvalue weighted by Crippen LogP contribution is -2.32. The minimum absolute atomic E-state index is 0.0237. The van der Waals surface area contributed by atoms with Gasteiger partial charge in [0, 0.05) is 0 Å². The number of esters is 1. The third kappa shape index (κ3) is 3.71. The number of carbonyl (C=O) groups excluding carboxylic acids is 1. The monoisotopic (exact) mass is 230 g/mol. The van der Waals surface area contributed by atoms with Gasteiger partial charge in [0.2, 0.25) is 0 Å². The van der Waals surface area contributed by atoms with Gasteiger partial charge in [-0.2, -0.15) is 11.8 Å². The van der Waals surface area contributed by atoms with Crippen molar-refractivity contribution in [3.8, 4) is 0 Å². The number of hydrogen-bond donors (Lipinski definition) is 0. The molecule has 0 aliphatic heterocycles. The van der Waals surface area contributed by atoms with Gasteiger partial charge in [0.25, 0.3) is 0 Å². The second-order valence-corrected chi connectivity index (χ2v) is 5.48. The summed E-state index contributed by atoms with van der Waals surface area (Å²) in [6.45, 7) is 4.10. The van der Waals surface area contributed by atoms with Crippen LogP contribution in [0.2, 0.25) is 0 Å². The molecule has 0 N–H and O–H groups in total. The summed E-state index contributed by atoms with van der Waals surface area (Å²) in [6.07, 6.45) is 8.06. The number of hydrogen-bond acceptors (Lipinski definition) is 3. The molecule has 0 spiro atoms. The molecule has 0 heterocycles. The predicted molar refractivity (Wildman–Crippen MR) is 65.1 cm³/mol. The van der Waals surface area contributed by atoms with Crippen LogP contribution in [0.25, 0.3) is 0 Å². The molecule has 3 heteroatoms. The second-order valence-electron chi connectivity index (χ2n) is 4.31. The topological polar surface area (TPSA) is 26.3 Å². The Morgan fingerprint density at radius 2 is 2.13 bits per heavy atom. The maximum absolute atomic E-state index is 11.7. The maximum atomic E-state index is 11.7. The van der Waals surface area contributed by atoms with Crippen LogP contribution in [0.4, 0.5) is 0 Å². The summed E-state index contributed by atoms with van der Waals surface area (Å²) in [4.78, 5) is 11.7. The van der Waals surface area contributed by atoms with E-state index in [0.29, 0.717) is 5.92 Å². The van der Waals surface area contributed by atoms with Gasteiger partial charge in [-0.1, -0.05) is 13.3 Å². The SMILES string of the molecule is CCC1CCCCC1OC(=O)C(C)SC. The normalized spacial score (nSPS) is 28.5. The Bertz CT molecular complexity index is 206. The molecule has 0 aromatic rings. The quantitative estimate of drug-likeness (QED) is 0.693. The first-order valence-corrected chi connectivity index (χ1v) is 7.21. The molecule has 0 radical (unpaired) electrons. The Morgan fingerprint density at radius 1 is 1.47 bits per heavy atom. The van der Waals surface area contributed by atoms with Crippen LogP contribution < -0.4 is 0 Å². The van der Waals surface area contributed by atoms with Gasteiger partial charge in [-0.15, -0.1) is 0 Å². The molecule has 0 aromatic carbocycles. The van der Waals surface area contributed by atoms with Gasteiger partial charge in [-0.3, -0.25) is 4.79 Å². The van der Waals surface area contributed by atoms with Gasteiger partial charge < -0.3 is 4.74 Å². The zero-order valence-corrected chi connectivity index (χ0v) is 10.8. The van der Waals surface area contributed by atoms with E-state index in [1.165, 1.54) is 19.3 Å². The lowest BCUT2D eigenvalue weighted by Gasteiger charge is -2.31. The van der Waals surface area contributed by atoms with Gasteiger partial charge >= 0.3 is 5.97 Å². The Morgan fingerprint density at radius 3 is 2.73 bits per heavy atom. The van der Waals surface area contributed by atoms with Crippen LogP contribution in [0, 0.1) is 5.92 Å². The molecule has 0 aromatic heterocycles. The highest BCUT2D eigenvalue weighted by molar-refractivity contribution is 7.99. The summed E-state index contributed by atoms with van der Waals surface area (Å²) in [5.74, 6) is 0.560. The molecule has 0 amide bonds. The van der Waals surface area contributed by atoms with Crippen molar-refractivity contribution in [2.24, 2.45) is 5.92 Å². The van der Waals surface area contributed by atoms with E-state index in [4.69, 9.17) is 4.74 Å². The lowest BCUT2D eigenvalue weighted by molar-refractivity contribution is -0.152. The van der Waals surface area contributed by atoms with Crippen molar-refractivity contribution in [3.63, 3.8) is 0 Å². The van der Waals surface area contributed by atoms with Crippen molar-refractivity contribution in [2.45, 2.75) is 57.3 Å². The molecule has 1 fully saturated rings. The molecule has 88 valence electrons. The Labute approximate surface area is 97.1 Å². The van der Waals surface area contributed by atoms with Crippen LogP contribution in [0.15, 0.2) is 0 Å². The average Bonchev–Trinajstić information content (AvgIpc) is 2.28. The molecule has 0 bridgehead atoms. The van der Waals surface area contributed by atoms with Crippen molar-refractivity contribution in [3.05, 3.63) is 0 Å². The Hall–Kier alpha value is -0.180. The first-order chi connectivity index (χ1) is 7.19. The van der Waals surface area contributed by atoms with Gasteiger partial charge in [0.05, 0.1) is 5.25 Å². The van der Waals surface area contributed by atoms with E-state index < -0.39 is 0 Å². The van der Waals surface area contributed by atoms with Crippen molar-refractivity contribution >= 4 is 17.7 Å². The van der Waals surface area contributed by atoms with E-state index in [1.807, 2.05) is 13.2 Å². The fourth-order valence-corrected chi connectivity index (χ4v) is 2.39. The zero-order valence-electron chi connectivity index (χ0n) is 9.99. The van der Waals surface area contributed by atoms with E-state index in [2.05, 4.69) is 6.92 Å². The highest BCUT2D eigenvalue weighted by atomic mass is 32.2. The summed E-state index contributed by atoms with van der Waals surface area (Å²) < 4.78 is 5.59. The molecular weight excluding hydrogens is 208 g/mol. The van der Waals surface area contributed by atoms with Crippen LogP contribution in [0.3, 0.4) is 0 Å². The molecule has 1 aliphatic rings. The summed E-state index contributed by atoms with van der Waals surface area (Å²) in [5.41, 5.74) is 0. The molecule has 0 saturated heterocycles. The van der Waals surface area contributed by atoms with Crippen LogP contribution in [-0.4, -0.2) is 23.6 Å². The molecule has 2 nitrogen and oxygen atoms in total. The highest BCUT2D eigenvalue weighted by Gasteiger charge is 2.28. The first kappa shape index (κ1) is 12.9. The summed E-state index contributed by atoms with van der Waals surface area (Å²) in [6, 6.07) is 0. The molecule has 1 aliphatic carbocycles. The van der Waals surface area contributed by atoms with Gasteiger partial charge in [-0.05, 0) is 44.8 Å². The number of thioether (sulfide) groups is 1. The second kappa shape index (κ2) is 6.41. The fraction of sp³-hybridized carbons (Fsp3) is 0.917. The van der Waals surface area contributed by atoms with Crippen LogP contribution >= 0.6 is 11.8 Å². The van der Waals surface area contributed by atoms with Gasteiger partial charge in [0.15, 0.2) is 0 Å². The fourth-order valence-electron chi connectivity index (χ4n) is 2.14. The number of carbonyl (C=O) groups is 1. The van der Waals surface area contributed by atoms with Crippen LogP contribution in [0.1, 0.15) is 46.0 Å². The predicted octanol–water partition coefficient (Wildman–Crippen LogP) is 3.25. The lowest BCUT2D eigenvalue weighted by atomic mass is 9.85. The van der Waals surface area contributed by atoms with Gasteiger partial charge in [0.1, 0.15) is 6.10 Å². The van der Waals surface area contributed by atoms with Crippen molar-refractivity contribution in [1.82, 2.24) is 0 Å². The minimum Gasteiger partial charge on any atom is -0.461 e. The van der Waals surface area contributed by atoms with Crippen LogP contribution in [0.5, 0.6) is 0 Å². The number of ether oxygens (including phenoxy) is 1. The zero-order chi connectivity index (χ0) is 11.3. The van der Waals surface area contributed by atoms with E-state index in [1.54, 1.807) is 11.8 Å². The Kier molecular flexibility index (Phi) is 5.51. The van der Waals surface area contributed by atoms with E-state index in [9.17, 15) is 4.79 Å². The van der Waals surface area contributed by atoms with E-state index in [0.717, 1.165) is 12.8 Å². The van der Waals surface area contributed by atoms with Crippen molar-refractivity contribution < 1.29 is 9.53 Å². The third-order valence-electron chi connectivity index (χ3n) is 3.32. The van der Waals surface area contributed by atoms with E-state index >= 15 is 0 Å². The summed E-state index contributed by atoms with van der Waals surface area (Å²) >= 11 is 1.56. The maximum Gasteiger partial charge on any atom is 0.319 e. The van der Waals surface area contributed by atoms with Crippen molar-refractivity contribution in [2.75, 3.05) is 6.26 Å². The highest BCUT2D eigenvalue weighted by Crippen LogP contribution is 2.29. The minimum atomic E-state index is -0.0344. The largest absolute Gasteiger partial charge is 0.461 e. The molecule has 3 atom stereocenters. The summed E-state index contributed by atoms with van der Waals surface area (Å²) in [7, 11) is 0. The standard InChI is InChI=1S/C12H22O2S/c1-4-10-7-5-6-8-11(10)14-12(13)9(2)15-3/h9-11H,4-8H2,1-3H3. The number of rotatable bonds is 4. The molecular formula is C12H22O2S. The average molecular weight is 230 g/mol.